The van der Waals surface area contributed by atoms with Crippen LogP contribution >= 0.6 is 11.8 Å². The van der Waals surface area contributed by atoms with E-state index in [2.05, 4.69) is 15.5 Å². The SMILES string of the molecule is O=C(CSc1nnc(-c2ccco2)n1-n1cccc1)Nc1cccc(C(F)(F)F)c1. The van der Waals surface area contributed by atoms with Crippen molar-refractivity contribution in [3.63, 3.8) is 0 Å². The molecule has 154 valence electrons. The molecule has 4 rings (SSSR count). The van der Waals surface area contributed by atoms with E-state index < -0.39 is 17.6 Å². The molecule has 0 bridgehead atoms. The minimum absolute atomic E-state index is 0.0681. The minimum Gasteiger partial charge on any atom is -0.461 e. The van der Waals surface area contributed by atoms with E-state index in [9.17, 15) is 18.0 Å². The third kappa shape index (κ3) is 4.25. The topological polar surface area (TPSA) is 77.9 Å². The Kier molecular flexibility index (Phi) is 5.36. The van der Waals surface area contributed by atoms with Crippen molar-refractivity contribution in [3.05, 3.63) is 72.8 Å². The molecule has 3 aromatic heterocycles. The van der Waals surface area contributed by atoms with E-state index in [1.807, 2.05) is 12.1 Å². The summed E-state index contributed by atoms with van der Waals surface area (Å²) < 4.78 is 47.3. The predicted octanol–water partition coefficient (Wildman–Crippen LogP) is 4.40. The molecule has 7 nitrogen and oxygen atoms in total. The highest BCUT2D eigenvalue weighted by atomic mass is 32.2. The number of furan rings is 1. The van der Waals surface area contributed by atoms with Crippen LogP contribution in [0, 0.1) is 0 Å². The normalized spacial score (nSPS) is 11.6. The summed E-state index contributed by atoms with van der Waals surface area (Å²) in [7, 11) is 0. The number of hydrogen-bond donors (Lipinski definition) is 1. The van der Waals surface area contributed by atoms with Crippen molar-refractivity contribution in [2.75, 3.05) is 11.1 Å². The number of anilines is 1. The predicted molar refractivity (Wildman–Crippen MR) is 104 cm³/mol. The lowest BCUT2D eigenvalue weighted by Gasteiger charge is -2.11. The highest BCUT2D eigenvalue weighted by Crippen LogP contribution is 2.31. The third-order valence-electron chi connectivity index (χ3n) is 3.98. The zero-order valence-corrected chi connectivity index (χ0v) is 16.0. The Morgan fingerprint density at radius 2 is 1.90 bits per heavy atom. The van der Waals surface area contributed by atoms with Crippen LogP contribution < -0.4 is 5.32 Å². The van der Waals surface area contributed by atoms with Gasteiger partial charge in [-0.25, -0.2) is 4.68 Å². The first-order valence-electron chi connectivity index (χ1n) is 8.64. The number of amides is 1. The molecule has 0 aliphatic rings. The number of rotatable bonds is 6. The van der Waals surface area contributed by atoms with Crippen LogP contribution in [0.3, 0.4) is 0 Å². The first-order chi connectivity index (χ1) is 14.4. The zero-order valence-electron chi connectivity index (χ0n) is 15.2. The first kappa shape index (κ1) is 19.8. The van der Waals surface area contributed by atoms with Gasteiger partial charge in [-0.1, -0.05) is 17.8 Å². The summed E-state index contributed by atoms with van der Waals surface area (Å²) >= 11 is 1.09. The van der Waals surface area contributed by atoms with Crippen LogP contribution in [0.4, 0.5) is 18.9 Å². The number of carbonyl (C=O) groups excluding carboxylic acids is 1. The first-order valence-corrected chi connectivity index (χ1v) is 9.63. The molecule has 0 aliphatic heterocycles. The number of carbonyl (C=O) groups is 1. The fourth-order valence-corrected chi connectivity index (χ4v) is 3.42. The van der Waals surface area contributed by atoms with Gasteiger partial charge >= 0.3 is 6.18 Å². The van der Waals surface area contributed by atoms with Gasteiger partial charge in [0, 0.05) is 18.1 Å². The monoisotopic (exact) mass is 433 g/mol. The van der Waals surface area contributed by atoms with E-state index in [1.54, 1.807) is 33.9 Å². The van der Waals surface area contributed by atoms with Crippen LogP contribution in [-0.2, 0) is 11.0 Å². The van der Waals surface area contributed by atoms with Gasteiger partial charge in [-0.05, 0) is 42.5 Å². The van der Waals surface area contributed by atoms with Crippen LogP contribution in [-0.4, -0.2) is 31.2 Å². The van der Waals surface area contributed by atoms with E-state index >= 15 is 0 Å². The highest BCUT2D eigenvalue weighted by Gasteiger charge is 2.30. The van der Waals surface area contributed by atoms with Crippen molar-refractivity contribution in [1.82, 2.24) is 19.5 Å². The molecule has 0 fully saturated rings. The van der Waals surface area contributed by atoms with Gasteiger partial charge < -0.3 is 9.73 Å². The Morgan fingerprint density at radius 1 is 1.10 bits per heavy atom. The smallest absolute Gasteiger partial charge is 0.416 e. The molecule has 0 aliphatic carbocycles. The van der Waals surface area contributed by atoms with E-state index in [0.717, 1.165) is 23.9 Å². The Labute approximate surface area is 172 Å². The molecule has 0 saturated carbocycles. The molecule has 4 aromatic rings. The molecule has 0 spiro atoms. The van der Waals surface area contributed by atoms with Crippen LogP contribution in [0.5, 0.6) is 0 Å². The molecule has 0 unspecified atom stereocenters. The lowest BCUT2D eigenvalue weighted by molar-refractivity contribution is -0.137. The Morgan fingerprint density at radius 3 is 2.60 bits per heavy atom. The fourth-order valence-electron chi connectivity index (χ4n) is 2.68. The molecule has 1 amide bonds. The number of alkyl halides is 3. The molecule has 3 heterocycles. The Balaban J connectivity index is 1.50. The number of halogens is 3. The maximum absolute atomic E-state index is 12.8. The standard InChI is InChI=1S/C19H14F3N5O2S/c20-19(21,22)13-5-3-6-14(11-13)23-16(28)12-30-18-25-24-17(15-7-4-10-29-15)27(18)26-8-1-2-9-26/h1-11H,12H2,(H,23,28). The second kappa shape index (κ2) is 8.11. The summed E-state index contributed by atoms with van der Waals surface area (Å²) in [6.45, 7) is 0. The van der Waals surface area contributed by atoms with Crippen molar-refractivity contribution >= 4 is 23.4 Å². The number of nitrogens with zero attached hydrogens (tertiary/aromatic N) is 4. The third-order valence-corrected chi connectivity index (χ3v) is 4.90. The number of hydrogen-bond acceptors (Lipinski definition) is 5. The molecular formula is C19H14F3N5O2S. The van der Waals surface area contributed by atoms with E-state index in [-0.39, 0.29) is 11.4 Å². The Bertz CT molecular complexity index is 1140. The Hall–Kier alpha value is -3.47. The summed E-state index contributed by atoms with van der Waals surface area (Å²) in [6.07, 6.45) is 0.593. The zero-order chi connectivity index (χ0) is 21.1. The second-order valence-corrected chi connectivity index (χ2v) is 7.02. The molecule has 1 aromatic carbocycles. The molecular weight excluding hydrogens is 419 g/mol. The van der Waals surface area contributed by atoms with Crippen molar-refractivity contribution in [2.24, 2.45) is 0 Å². The van der Waals surface area contributed by atoms with Gasteiger partial charge in [0.2, 0.25) is 16.9 Å². The molecule has 30 heavy (non-hydrogen) atoms. The quantitative estimate of drug-likeness (QED) is 0.456. The average Bonchev–Trinajstić information content (AvgIpc) is 3.46. The summed E-state index contributed by atoms with van der Waals surface area (Å²) in [6, 6.07) is 11.6. The summed E-state index contributed by atoms with van der Waals surface area (Å²) in [5, 5.41) is 11.1. The van der Waals surface area contributed by atoms with E-state index in [1.165, 1.54) is 18.4 Å². The van der Waals surface area contributed by atoms with Crippen LogP contribution in [0.2, 0.25) is 0 Å². The van der Waals surface area contributed by atoms with Crippen LogP contribution in [0.15, 0.2) is 76.8 Å². The lowest BCUT2D eigenvalue weighted by atomic mass is 10.2. The molecule has 0 radical (unpaired) electrons. The fraction of sp³-hybridized carbons (Fsp3) is 0.105. The van der Waals surface area contributed by atoms with Crippen molar-refractivity contribution < 1.29 is 22.4 Å². The molecule has 0 atom stereocenters. The number of benzene rings is 1. The second-order valence-electron chi connectivity index (χ2n) is 6.07. The highest BCUT2D eigenvalue weighted by molar-refractivity contribution is 7.99. The summed E-state index contributed by atoms with van der Waals surface area (Å²) in [5.41, 5.74) is -0.762. The van der Waals surface area contributed by atoms with Gasteiger partial charge in [-0.2, -0.15) is 13.2 Å². The van der Waals surface area contributed by atoms with E-state index in [4.69, 9.17) is 4.42 Å². The maximum Gasteiger partial charge on any atom is 0.416 e. The van der Waals surface area contributed by atoms with Gasteiger partial charge in [0.05, 0.1) is 17.6 Å². The van der Waals surface area contributed by atoms with E-state index in [0.29, 0.717) is 16.7 Å². The number of nitrogens with one attached hydrogen (secondary N) is 1. The van der Waals surface area contributed by atoms with Crippen molar-refractivity contribution in [2.45, 2.75) is 11.3 Å². The van der Waals surface area contributed by atoms with Crippen molar-refractivity contribution in [3.8, 4) is 11.6 Å². The minimum atomic E-state index is -4.48. The van der Waals surface area contributed by atoms with Gasteiger partial charge in [0.1, 0.15) is 0 Å². The lowest BCUT2D eigenvalue weighted by Crippen LogP contribution is -2.16. The number of aromatic nitrogens is 4. The molecule has 1 N–H and O–H groups in total. The van der Waals surface area contributed by atoms with Gasteiger partial charge in [-0.3, -0.25) is 9.47 Å². The summed E-state index contributed by atoms with van der Waals surface area (Å²) in [4.78, 5) is 12.3. The van der Waals surface area contributed by atoms with Crippen LogP contribution in [0.1, 0.15) is 5.56 Å². The number of thioether (sulfide) groups is 1. The maximum atomic E-state index is 12.8. The average molecular weight is 433 g/mol. The molecule has 11 heteroatoms. The van der Waals surface area contributed by atoms with Gasteiger partial charge in [0.25, 0.3) is 0 Å². The van der Waals surface area contributed by atoms with Gasteiger partial charge in [0.15, 0.2) is 5.76 Å². The van der Waals surface area contributed by atoms with Crippen molar-refractivity contribution in [1.29, 1.82) is 0 Å². The van der Waals surface area contributed by atoms with Gasteiger partial charge in [-0.15, -0.1) is 10.2 Å². The van der Waals surface area contributed by atoms with Crippen LogP contribution in [0.25, 0.3) is 11.6 Å². The molecule has 0 saturated heterocycles. The summed E-state index contributed by atoms with van der Waals surface area (Å²) in [5.74, 6) is 0.391. The largest absolute Gasteiger partial charge is 0.461 e.